The fourth-order valence-corrected chi connectivity index (χ4v) is 6.38. The number of hydrogen-bond acceptors (Lipinski definition) is 6. The molecule has 0 N–H and O–H groups in total. The zero-order valence-corrected chi connectivity index (χ0v) is 21.1. The molecule has 0 aliphatic carbocycles. The summed E-state index contributed by atoms with van der Waals surface area (Å²) in [5.74, 6) is 0.819. The monoisotopic (exact) mass is 509 g/mol. The highest BCUT2D eigenvalue weighted by Gasteiger charge is 2.47. The number of benzene rings is 2. The summed E-state index contributed by atoms with van der Waals surface area (Å²) in [6.07, 6.45) is 3.33. The molecule has 2 amide bonds. The van der Waals surface area contributed by atoms with Crippen LogP contribution in [0.5, 0.6) is 11.5 Å². The van der Waals surface area contributed by atoms with Crippen molar-refractivity contribution in [3.05, 3.63) is 53.3 Å². The molecule has 6 rings (SSSR count). The van der Waals surface area contributed by atoms with Crippen molar-refractivity contribution in [3.8, 4) is 11.5 Å². The van der Waals surface area contributed by atoms with Crippen molar-refractivity contribution in [3.63, 3.8) is 0 Å². The average Bonchev–Trinajstić information content (AvgIpc) is 3.51. The lowest BCUT2D eigenvalue weighted by molar-refractivity contribution is 0.0576. The maximum absolute atomic E-state index is 14.4. The topological polar surface area (TPSA) is 71.6 Å². The number of nitrogens with zero attached hydrogens (tertiary/aromatic N) is 3. The molecule has 0 unspecified atom stereocenters. The number of hydrogen-bond donors (Lipinski definition) is 0. The van der Waals surface area contributed by atoms with E-state index in [4.69, 9.17) is 14.2 Å². The molecule has 2 aromatic carbocycles. The largest absolute Gasteiger partial charge is 0.454 e. The second-order valence-electron chi connectivity index (χ2n) is 10.4. The summed E-state index contributed by atoms with van der Waals surface area (Å²) in [6.45, 7) is 6.08. The predicted octanol–water partition coefficient (Wildman–Crippen LogP) is 4.17. The first-order chi connectivity index (χ1) is 18.0. The van der Waals surface area contributed by atoms with Crippen LogP contribution in [0.25, 0.3) is 0 Å². The van der Waals surface area contributed by atoms with Crippen LogP contribution >= 0.6 is 0 Å². The smallest absolute Gasteiger partial charge is 0.409 e. The molecule has 0 atom stereocenters. The number of likely N-dealkylation sites (tertiary alicyclic amines) is 2. The maximum atomic E-state index is 14.4. The van der Waals surface area contributed by atoms with E-state index >= 15 is 0 Å². The third-order valence-electron chi connectivity index (χ3n) is 8.41. The molecule has 8 nitrogen and oxygen atoms in total. The van der Waals surface area contributed by atoms with Gasteiger partial charge < -0.3 is 28.9 Å². The number of ether oxygens (including phenoxy) is 3. The van der Waals surface area contributed by atoms with Crippen LogP contribution in [0.15, 0.2) is 36.4 Å². The van der Waals surface area contributed by atoms with Gasteiger partial charge in [0.25, 0.3) is 5.91 Å². The summed E-state index contributed by atoms with van der Waals surface area (Å²) in [7, 11) is 0. The average molecular weight is 510 g/mol. The van der Waals surface area contributed by atoms with Gasteiger partial charge in [0.05, 0.1) is 6.61 Å². The van der Waals surface area contributed by atoms with Crippen LogP contribution in [0, 0.1) is 5.82 Å². The molecule has 37 heavy (non-hydrogen) atoms. The molecule has 0 saturated carbocycles. The number of carbonyl (C=O) groups excluding carboxylic acids is 2. The van der Waals surface area contributed by atoms with E-state index in [1.807, 2.05) is 6.92 Å². The highest BCUT2D eigenvalue weighted by Crippen LogP contribution is 2.48. The number of halogens is 1. The van der Waals surface area contributed by atoms with Crippen molar-refractivity contribution in [2.75, 3.05) is 51.0 Å². The molecule has 2 fully saturated rings. The molecule has 0 aromatic heterocycles. The van der Waals surface area contributed by atoms with Gasteiger partial charge in [0.15, 0.2) is 11.5 Å². The van der Waals surface area contributed by atoms with Gasteiger partial charge in [-0.25, -0.2) is 9.18 Å². The van der Waals surface area contributed by atoms with E-state index in [0.717, 1.165) is 50.0 Å². The van der Waals surface area contributed by atoms with Crippen molar-refractivity contribution in [2.24, 2.45) is 0 Å². The van der Waals surface area contributed by atoms with Crippen LogP contribution in [0.4, 0.5) is 14.9 Å². The highest BCUT2D eigenvalue weighted by molar-refractivity contribution is 6.08. The van der Waals surface area contributed by atoms with Gasteiger partial charge in [-0.15, -0.1) is 0 Å². The van der Waals surface area contributed by atoms with Crippen LogP contribution in [0.3, 0.4) is 0 Å². The Bertz CT molecular complexity index is 1200. The molecule has 196 valence electrons. The summed E-state index contributed by atoms with van der Waals surface area (Å²) >= 11 is 0. The first-order valence-electron chi connectivity index (χ1n) is 13.1. The third kappa shape index (κ3) is 4.29. The summed E-state index contributed by atoms with van der Waals surface area (Å²) < 4.78 is 30.4. The molecule has 0 radical (unpaired) electrons. The SMILES string of the molecule is CCOC(=O)N1CCC(N2CCC3(CC2)CN(C(=O)c2ccc4c(c2)OCO4)c2ccc(F)cc23)CC1. The second-order valence-corrected chi connectivity index (χ2v) is 10.4. The van der Waals surface area contributed by atoms with Crippen molar-refractivity contribution >= 4 is 17.7 Å². The lowest BCUT2D eigenvalue weighted by atomic mass is 9.74. The van der Waals surface area contributed by atoms with Gasteiger partial charge in [-0.2, -0.15) is 0 Å². The van der Waals surface area contributed by atoms with Crippen LogP contribution in [0.2, 0.25) is 0 Å². The van der Waals surface area contributed by atoms with Crippen LogP contribution in [0.1, 0.15) is 48.5 Å². The predicted molar refractivity (Wildman–Crippen MR) is 135 cm³/mol. The molecule has 4 aliphatic rings. The van der Waals surface area contributed by atoms with E-state index in [1.54, 1.807) is 40.1 Å². The molecular formula is C28H32FN3O5. The van der Waals surface area contributed by atoms with E-state index in [9.17, 15) is 14.0 Å². The minimum atomic E-state index is -0.274. The molecule has 2 saturated heterocycles. The number of anilines is 1. The van der Waals surface area contributed by atoms with Gasteiger partial charge in [-0.1, -0.05) is 0 Å². The molecule has 0 bridgehead atoms. The number of piperidine rings is 2. The molecule has 1 spiro atoms. The Hall–Kier alpha value is -3.33. The van der Waals surface area contributed by atoms with E-state index in [1.165, 1.54) is 6.07 Å². The van der Waals surface area contributed by atoms with Crippen molar-refractivity contribution in [2.45, 2.75) is 44.1 Å². The fraction of sp³-hybridized carbons (Fsp3) is 0.500. The van der Waals surface area contributed by atoms with Gasteiger partial charge >= 0.3 is 6.09 Å². The zero-order valence-electron chi connectivity index (χ0n) is 21.1. The summed E-state index contributed by atoms with van der Waals surface area (Å²) in [5.41, 5.74) is 1.98. The number of fused-ring (bicyclic) bond motifs is 3. The van der Waals surface area contributed by atoms with E-state index in [2.05, 4.69) is 4.90 Å². The molecule has 2 aromatic rings. The van der Waals surface area contributed by atoms with Crippen molar-refractivity contribution in [1.82, 2.24) is 9.80 Å². The fourth-order valence-electron chi connectivity index (χ4n) is 6.38. The van der Waals surface area contributed by atoms with Gasteiger partial charge in [0, 0.05) is 42.3 Å². The molecule has 9 heteroatoms. The summed E-state index contributed by atoms with van der Waals surface area (Å²) in [4.78, 5) is 31.8. The van der Waals surface area contributed by atoms with E-state index < -0.39 is 0 Å². The Balaban J connectivity index is 1.17. The summed E-state index contributed by atoms with van der Waals surface area (Å²) in [5, 5.41) is 0. The van der Waals surface area contributed by atoms with Crippen LogP contribution < -0.4 is 14.4 Å². The normalized spacial score (nSPS) is 20.8. The van der Waals surface area contributed by atoms with Gasteiger partial charge in [-0.05, 0) is 87.7 Å². The van der Waals surface area contributed by atoms with Crippen LogP contribution in [-0.2, 0) is 10.2 Å². The maximum Gasteiger partial charge on any atom is 0.409 e. The van der Waals surface area contributed by atoms with Gasteiger partial charge in [0.1, 0.15) is 5.82 Å². The Labute approximate surface area is 215 Å². The quantitative estimate of drug-likeness (QED) is 0.619. The summed E-state index contributed by atoms with van der Waals surface area (Å²) in [6, 6.07) is 10.5. The Kier molecular flexibility index (Phi) is 6.18. The van der Waals surface area contributed by atoms with Gasteiger partial charge in [0.2, 0.25) is 6.79 Å². The molecular weight excluding hydrogens is 477 g/mol. The zero-order chi connectivity index (χ0) is 25.6. The minimum absolute atomic E-state index is 0.114. The van der Waals surface area contributed by atoms with E-state index in [0.29, 0.717) is 49.3 Å². The minimum Gasteiger partial charge on any atom is -0.454 e. The first kappa shape index (κ1) is 24.0. The number of amides is 2. The van der Waals surface area contributed by atoms with E-state index in [-0.39, 0.29) is 30.0 Å². The second kappa shape index (κ2) is 9.52. The first-order valence-corrected chi connectivity index (χ1v) is 13.1. The lowest BCUT2D eigenvalue weighted by Crippen LogP contribution is -2.52. The molecule has 4 aliphatic heterocycles. The highest BCUT2D eigenvalue weighted by atomic mass is 19.1. The number of rotatable bonds is 3. The van der Waals surface area contributed by atoms with Crippen molar-refractivity contribution in [1.29, 1.82) is 0 Å². The van der Waals surface area contributed by atoms with Gasteiger partial charge in [-0.3, -0.25) is 4.79 Å². The molecule has 4 heterocycles. The third-order valence-corrected chi connectivity index (χ3v) is 8.41. The van der Waals surface area contributed by atoms with Crippen molar-refractivity contribution < 1.29 is 28.2 Å². The Morgan fingerprint density at radius 2 is 1.78 bits per heavy atom. The standard InChI is InChI=1S/C28H32FN3O5/c1-2-35-27(34)31-11-7-21(8-12-31)30-13-9-28(10-14-30)17-32(23-5-4-20(29)16-22(23)28)26(33)19-3-6-24-25(15-19)37-18-36-24/h3-6,15-16,21H,2,7-14,17-18H2,1H3. The number of carbonyl (C=O) groups is 2. The Morgan fingerprint density at radius 3 is 2.54 bits per heavy atom. The lowest BCUT2D eigenvalue weighted by Gasteiger charge is -2.45. The van der Waals surface area contributed by atoms with Crippen LogP contribution in [-0.4, -0.2) is 74.0 Å². The Morgan fingerprint density at radius 1 is 1.03 bits per heavy atom.